The highest BCUT2D eigenvalue weighted by molar-refractivity contribution is 6.36. The van der Waals surface area contributed by atoms with E-state index in [4.69, 9.17) is 28.9 Å². The number of halogens is 2. The van der Waals surface area contributed by atoms with E-state index in [1.54, 1.807) is 12.1 Å². The lowest BCUT2D eigenvalue weighted by atomic mass is 10.0. The maximum Gasteiger partial charge on any atom is 0.249 e. The molecule has 158 valence electrons. The highest BCUT2D eigenvalue weighted by atomic mass is 35.5. The fourth-order valence-electron chi connectivity index (χ4n) is 4.29. The summed E-state index contributed by atoms with van der Waals surface area (Å²) in [5.41, 5.74) is 12.5. The van der Waals surface area contributed by atoms with Crippen LogP contribution in [0.3, 0.4) is 0 Å². The van der Waals surface area contributed by atoms with E-state index < -0.39 is 5.91 Å². The molecule has 3 nitrogen and oxygen atoms in total. The lowest BCUT2D eigenvalue weighted by Gasteiger charge is -2.10. The molecule has 32 heavy (non-hydrogen) atoms. The van der Waals surface area contributed by atoms with Gasteiger partial charge in [-0.3, -0.25) is 4.79 Å². The summed E-state index contributed by atoms with van der Waals surface area (Å²) in [5.74, 6) is -0.435. The first kappa shape index (κ1) is 20.6. The topological polar surface area (TPSA) is 48.0 Å². The van der Waals surface area contributed by atoms with Gasteiger partial charge < -0.3 is 10.3 Å². The van der Waals surface area contributed by atoms with Crippen LogP contribution in [0, 0.1) is 6.92 Å². The molecule has 4 aromatic carbocycles. The number of carbonyl (C=O) groups excluding carboxylic acids is 1. The van der Waals surface area contributed by atoms with Gasteiger partial charge in [-0.15, -0.1) is 0 Å². The number of fused-ring (bicyclic) bond motifs is 3. The third kappa shape index (κ3) is 3.54. The Bertz CT molecular complexity index is 1500. The van der Waals surface area contributed by atoms with E-state index >= 15 is 0 Å². The molecule has 5 aromatic rings. The van der Waals surface area contributed by atoms with Crippen molar-refractivity contribution in [3.63, 3.8) is 0 Å². The number of aromatic nitrogens is 1. The van der Waals surface area contributed by atoms with Gasteiger partial charge in [0.25, 0.3) is 0 Å². The number of aryl methyl sites for hydroxylation is 1. The molecule has 5 heteroatoms. The molecular weight excluding hydrogens is 439 g/mol. The van der Waals surface area contributed by atoms with E-state index in [1.807, 2.05) is 36.4 Å². The van der Waals surface area contributed by atoms with Crippen LogP contribution in [0.25, 0.3) is 32.9 Å². The highest BCUT2D eigenvalue weighted by Gasteiger charge is 2.18. The zero-order valence-corrected chi connectivity index (χ0v) is 18.9. The van der Waals surface area contributed by atoms with Crippen LogP contribution < -0.4 is 5.73 Å². The molecule has 0 fully saturated rings. The Balaban J connectivity index is 1.80. The average Bonchev–Trinajstić information content (AvgIpc) is 3.08. The molecule has 0 spiro atoms. The molecule has 0 saturated carbocycles. The molecule has 0 aliphatic rings. The van der Waals surface area contributed by atoms with Crippen molar-refractivity contribution in [2.24, 2.45) is 5.73 Å². The van der Waals surface area contributed by atoms with Gasteiger partial charge in [-0.25, -0.2) is 0 Å². The third-order valence-electron chi connectivity index (χ3n) is 5.86. The van der Waals surface area contributed by atoms with Crippen LogP contribution in [-0.4, -0.2) is 10.5 Å². The van der Waals surface area contributed by atoms with Gasteiger partial charge in [-0.05, 0) is 48.4 Å². The molecule has 0 bridgehead atoms. The van der Waals surface area contributed by atoms with Crippen molar-refractivity contribution in [2.45, 2.75) is 13.5 Å². The largest absolute Gasteiger partial charge is 0.366 e. The van der Waals surface area contributed by atoms with E-state index in [0.29, 0.717) is 22.2 Å². The van der Waals surface area contributed by atoms with Crippen LogP contribution in [0.2, 0.25) is 10.0 Å². The van der Waals surface area contributed by atoms with Gasteiger partial charge in [0, 0.05) is 38.5 Å². The predicted octanol–water partition coefficient (Wildman–Crippen LogP) is 7.22. The maximum atomic E-state index is 12.2. The second-order valence-corrected chi connectivity index (χ2v) is 8.84. The number of rotatable bonds is 4. The van der Waals surface area contributed by atoms with E-state index in [-0.39, 0.29) is 0 Å². The van der Waals surface area contributed by atoms with Crippen molar-refractivity contribution >= 4 is 50.9 Å². The van der Waals surface area contributed by atoms with Gasteiger partial charge in [-0.1, -0.05) is 77.3 Å². The molecule has 0 aliphatic carbocycles. The third-order valence-corrected chi connectivity index (χ3v) is 6.41. The minimum Gasteiger partial charge on any atom is -0.366 e. The van der Waals surface area contributed by atoms with E-state index in [2.05, 4.69) is 41.8 Å². The summed E-state index contributed by atoms with van der Waals surface area (Å²) in [6.45, 7) is 2.74. The first-order valence-corrected chi connectivity index (χ1v) is 11.0. The standard InChI is InChI=1S/C27H20Cl2N2O/c1-16-5-7-17(8-6-16)15-31-24-4-2-3-22(27(30)32)26(24)21-11-9-18(13-25(21)31)20-12-10-19(28)14-23(20)29/h2-14H,15H2,1H3,(H2,30,32). The highest BCUT2D eigenvalue weighted by Crippen LogP contribution is 2.37. The van der Waals surface area contributed by atoms with Crippen molar-refractivity contribution in [1.29, 1.82) is 0 Å². The van der Waals surface area contributed by atoms with Gasteiger partial charge in [0.15, 0.2) is 0 Å². The summed E-state index contributed by atoms with van der Waals surface area (Å²) in [7, 11) is 0. The zero-order chi connectivity index (χ0) is 22.4. The Morgan fingerprint density at radius 1 is 0.906 bits per heavy atom. The van der Waals surface area contributed by atoms with Gasteiger partial charge in [0.05, 0.1) is 11.0 Å². The number of benzene rings is 4. The summed E-state index contributed by atoms with van der Waals surface area (Å²) in [4.78, 5) is 12.2. The van der Waals surface area contributed by atoms with Gasteiger partial charge in [-0.2, -0.15) is 0 Å². The number of nitrogens with two attached hydrogens (primary N) is 1. The summed E-state index contributed by atoms with van der Waals surface area (Å²) in [6.07, 6.45) is 0. The predicted molar refractivity (Wildman–Crippen MR) is 134 cm³/mol. The van der Waals surface area contributed by atoms with E-state index in [0.717, 1.165) is 32.9 Å². The number of primary amides is 1. The molecule has 0 radical (unpaired) electrons. The molecule has 1 aromatic heterocycles. The lowest BCUT2D eigenvalue weighted by molar-refractivity contribution is 0.100. The Morgan fingerprint density at radius 2 is 1.69 bits per heavy atom. The van der Waals surface area contributed by atoms with E-state index in [1.165, 1.54) is 11.1 Å². The number of nitrogens with zero attached hydrogens (tertiary/aromatic N) is 1. The fourth-order valence-corrected chi connectivity index (χ4v) is 4.80. The van der Waals surface area contributed by atoms with Crippen LogP contribution in [0.4, 0.5) is 0 Å². The molecule has 0 atom stereocenters. The van der Waals surface area contributed by atoms with Crippen molar-refractivity contribution in [3.8, 4) is 11.1 Å². The monoisotopic (exact) mass is 458 g/mol. The molecule has 1 amide bonds. The number of hydrogen-bond acceptors (Lipinski definition) is 1. The van der Waals surface area contributed by atoms with Gasteiger partial charge in [0.1, 0.15) is 0 Å². The fraction of sp³-hybridized carbons (Fsp3) is 0.0741. The normalized spacial score (nSPS) is 11.3. The van der Waals surface area contributed by atoms with Gasteiger partial charge in [0.2, 0.25) is 5.91 Å². The smallest absolute Gasteiger partial charge is 0.249 e. The van der Waals surface area contributed by atoms with Crippen LogP contribution in [-0.2, 0) is 6.54 Å². The minimum atomic E-state index is -0.435. The van der Waals surface area contributed by atoms with Crippen molar-refractivity contribution in [1.82, 2.24) is 4.57 Å². The molecule has 0 unspecified atom stereocenters. The molecule has 1 heterocycles. The number of hydrogen-bond donors (Lipinski definition) is 1. The average molecular weight is 459 g/mol. The molecule has 0 saturated heterocycles. The van der Waals surface area contributed by atoms with E-state index in [9.17, 15) is 4.79 Å². The lowest BCUT2D eigenvalue weighted by Crippen LogP contribution is -2.11. The van der Waals surface area contributed by atoms with Crippen molar-refractivity contribution < 1.29 is 4.79 Å². The second kappa shape index (κ2) is 8.01. The summed E-state index contributed by atoms with van der Waals surface area (Å²) >= 11 is 12.6. The Hall–Kier alpha value is -3.27. The molecule has 5 rings (SSSR count). The Morgan fingerprint density at radius 3 is 2.41 bits per heavy atom. The van der Waals surface area contributed by atoms with Crippen LogP contribution in [0.1, 0.15) is 21.5 Å². The van der Waals surface area contributed by atoms with Crippen molar-refractivity contribution in [2.75, 3.05) is 0 Å². The molecule has 2 N–H and O–H groups in total. The van der Waals surface area contributed by atoms with Crippen LogP contribution in [0.5, 0.6) is 0 Å². The summed E-state index contributed by atoms with van der Waals surface area (Å²) < 4.78 is 2.23. The zero-order valence-electron chi connectivity index (χ0n) is 17.4. The first-order valence-electron chi connectivity index (χ1n) is 10.3. The molecular formula is C27H20Cl2N2O. The number of carbonyl (C=O) groups is 1. The Kier molecular flexibility index (Phi) is 5.16. The Labute approximate surface area is 196 Å². The number of amides is 1. The molecule has 0 aliphatic heterocycles. The van der Waals surface area contributed by atoms with Crippen LogP contribution in [0.15, 0.2) is 78.9 Å². The van der Waals surface area contributed by atoms with Gasteiger partial charge >= 0.3 is 0 Å². The summed E-state index contributed by atoms with van der Waals surface area (Å²) in [5, 5.41) is 3.04. The SMILES string of the molecule is Cc1ccc(Cn2c3cc(-c4ccc(Cl)cc4Cl)ccc3c3c(C(N)=O)cccc32)cc1. The summed E-state index contributed by atoms with van der Waals surface area (Å²) in [6, 6.07) is 25.8. The second-order valence-electron chi connectivity index (χ2n) is 7.99. The maximum absolute atomic E-state index is 12.2. The first-order chi connectivity index (χ1) is 15.4. The minimum absolute atomic E-state index is 0.435. The van der Waals surface area contributed by atoms with Crippen LogP contribution >= 0.6 is 23.2 Å². The van der Waals surface area contributed by atoms with Crippen molar-refractivity contribution in [3.05, 3.63) is 106 Å². The quantitative estimate of drug-likeness (QED) is 0.303.